The number of nitrogens with two attached hydrogens (primary N) is 1. The molecule has 6 heteroatoms. The second-order valence-corrected chi connectivity index (χ2v) is 4.65. The Hall–Kier alpha value is -2.89. The number of nitrogen functional groups attached to an aromatic ring is 1. The van der Waals surface area contributed by atoms with Crippen molar-refractivity contribution in [3.63, 3.8) is 0 Å². The molecule has 0 bridgehead atoms. The molecule has 0 atom stereocenters. The monoisotopic (exact) mass is 286 g/mol. The second kappa shape index (κ2) is 5.24. The van der Waals surface area contributed by atoms with Gasteiger partial charge in [0.15, 0.2) is 11.5 Å². The van der Waals surface area contributed by atoms with E-state index in [0.717, 1.165) is 17.1 Å². The Morgan fingerprint density at radius 1 is 1.19 bits per heavy atom. The first kappa shape index (κ1) is 13.1. The molecule has 0 aromatic heterocycles. The van der Waals surface area contributed by atoms with Gasteiger partial charge in [0.1, 0.15) is 0 Å². The number of rotatable bonds is 4. The number of ether oxygens (including phenoxy) is 2. The van der Waals surface area contributed by atoms with Crippen molar-refractivity contribution < 1.29 is 19.4 Å². The molecule has 0 unspecified atom stereocenters. The molecule has 0 radical (unpaired) electrons. The molecule has 21 heavy (non-hydrogen) atoms. The van der Waals surface area contributed by atoms with Crippen molar-refractivity contribution in [2.45, 2.75) is 6.54 Å². The van der Waals surface area contributed by atoms with Gasteiger partial charge < -0.3 is 25.6 Å². The highest BCUT2D eigenvalue weighted by Gasteiger charge is 2.13. The summed E-state index contributed by atoms with van der Waals surface area (Å²) in [5.74, 6) is 0.469. The zero-order valence-electron chi connectivity index (χ0n) is 11.1. The minimum atomic E-state index is -0.996. The van der Waals surface area contributed by atoms with Crippen molar-refractivity contribution in [1.29, 1.82) is 0 Å². The Kier molecular flexibility index (Phi) is 3.27. The quantitative estimate of drug-likeness (QED) is 0.747. The fourth-order valence-corrected chi connectivity index (χ4v) is 2.10. The molecule has 108 valence electrons. The maximum atomic E-state index is 10.9. The Labute approximate surface area is 121 Å². The lowest BCUT2D eigenvalue weighted by atomic mass is 10.1. The van der Waals surface area contributed by atoms with Gasteiger partial charge in [-0.05, 0) is 35.9 Å². The first-order valence-electron chi connectivity index (χ1n) is 6.39. The third-order valence-electron chi connectivity index (χ3n) is 3.22. The van der Waals surface area contributed by atoms with Gasteiger partial charge in [-0.2, -0.15) is 0 Å². The van der Waals surface area contributed by atoms with Crippen LogP contribution in [0.3, 0.4) is 0 Å². The van der Waals surface area contributed by atoms with Crippen LogP contribution < -0.4 is 20.5 Å². The van der Waals surface area contributed by atoms with Crippen LogP contribution in [0.4, 0.5) is 11.4 Å². The molecule has 6 nitrogen and oxygen atoms in total. The minimum Gasteiger partial charge on any atom is -0.478 e. The Morgan fingerprint density at radius 3 is 2.76 bits per heavy atom. The summed E-state index contributed by atoms with van der Waals surface area (Å²) >= 11 is 0. The Morgan fingerprint density at radius 2 is 2.00 bits per heavy atom. The predicted molar refractivity (Wildman–Crippen MR) is 77.7 cm³/mol. The highest BCUT2D eigenvalue weighted by Crippen LogP contribution is 2.32. The van der Waals surface area contributed by atoms with E-state index in [1.54, 1.807) is 6.07 Å². The van der Waals surface area contributed by atoms with E-state index in [1.165, 1.54) is 12.1 Å². The van der Waals surface area contributed by atoms with E-state index in [2.05, 4.69) is 5.32 Å². The maximum Gasteiger partial charge on any atom is 0.335 e. The molecule has 2 aromatic carbocycles. The third kappa shape index (κ3) is 2.69. The summed E-state index contributed by atoms with van der Waals surface area (Å²) in [5, 5.41) is 12.1. The number of carboxylic acid groups (broad SMARTS) is 1. The predicted octanol–water partition coefficient (Wildman–Crippen LogP) is 2.31. The van der Waals surface area contributed by atoms with Crippen molar-refractivity contribution in [2.75, 3.05) is 17.8 Å². The van der Waals surface area contributed by atoms with Gasteiger partial charge in [0.25, 0.3) is 0 Å². The summed E-state index contributed by atoms with van der Waals surface area (Å²) in [6.45, 7) is 0.795. The minimum absolute atomic E-state index is 0.168. The number of benzene rings is 2. The number of nitrogens with one attached hydrogen (secondary N) is 1. The molecule has 0 fully saturated rings. The lowest BCUT2D eigenvalue weighted by molar-refractivity contribution is 0.0697. The largest absolute Gasteiger partial charge is 0.478 e. The van der Waals surface area contributed by atoms with E-state index in [-0.39, 0.29) is 12.4 Å². The summed E-state index contributed by atoms with van der Waals surface area (Å²) in [4.78, 5) is 10.9. The fourth-order valence-electron chi connectivity index (χ4n) is 2.10. The number of aromatic carboxylic acids is 1. The zero-order valence-corrected chi connectivity index (χ0v) is 11.1. The highest BCUT2D eigenvalue weighted by atomic mass is 16.7. The van der Waals surface area contributed by atoms with E-state index in [1.807, 2.05) is 18.2 Å². The van der Waals surface area contributed by atoms with Gasteiger partial charge in [-0.25, -0.2) is 4.79 Å². The van der Waals surface area contributed by atoms with E-state index in [9.17, 15) is 4.79 Å². The zero-order chi connectivity index (χ0) is 14.8. The van der Waals surface area contributed by atoms with Gasteiger partial charge in [0.2, 0.25) is 6.79 Å². The summed E-state index contributed by atoms with van der Waals surface area (Å²) in [5.41, 5.74) is 8.12. The summed E-state index contributed by atoms with van der Waals surface area (Å²) in [6.07, 6.45) is 0. The van der Waals surface area contributed by atoms with Crippen molar-refractivity contribution >= 4 is 17.3 Å². The van der Waals surface area contributed by atoms with Crippen molar-refractivity contribution in [1.82, 2.24) is 0 Å². The van der Waals surface area contributed by atoms with Gasteiger partial charge in [-0.1, -0.05) is 6.07 Å². The number of fused-ring (bicyclic) bond motifs is 1. The van der Waals surface area contributed by atoms with Crippen molar-refractivity contribution in [3.05, 3.63) is 47.5 Å². The average molecular weight is 286 g/mol. The van der Waals surface area contributed by atoms with E-state index < -0.39 is 5.97 Å². The SMILES string of the molecule is Nc1cc(C(=O)O)ccc1NCc1ccc2c(c1)OCO2. The Balaban J connectivity index is 1.71. The standard InChI is InChI=1S/C15H14N2O4/c16-11-6-10(15(18)19)2-3-12(11)17-7-9-1-4-13-14(5-9)21-8-20-13/h1-6,17H,7-8,16H2,(H,18,19). The smallest absolute Gasteiger partial charge is 0.335 e. The van der Waals surface area contributed by atoms with Gasteiger partial charge >= 0.3 is 5.97 Å². The molecular formula is C15H14N2O4. The molecule has 0 saturated carbocycles. The number of anilines is 2. The topological polar surface area (TPSA) is 93.8 Å². The van der Waals surface area contributed by atoms with Gasteiger partial charge in [-0.15, -0.1) is 0 Å². The molecule has 0 saturated heterocycles. The first-order chi connectivity index (χ1) is 10.1. The van der Waals surface area contributed by atoms with E-state index in [0.29, 0.717) is 17.9 Å². The van der Waals surface area contributed by atoms with Crippen LogP contribution in [0.5, 0.6) is 11.5 Å². The summed E-state index contributed by atoms with van der Waals surface area (Å²) in [7, 11) is 0. The fraction of sp³-hybridized carbons (Fsp3) is 0.133. The van der Waals surface area contributed by atoms with Gasteiger partial charge in [-0.3, -0.25) is 0 Å². The number of carbonyl (C=O) groups is 1. The average Bonchev–Trinajstić information content (AvgIpc) is 2.93. The van der Waals surface area contributed by atoms with Crippen LogP contribution >= 0.6 is 0 Å². The van der Waals surface area contributed by atoms with Crippen LogP contribution in [-0.4, -0.2) is 17.9 Å². The normalized spacial score (nSPS) is 12.2. The van der Waals surface area contributed by atoms with Crippen LogP contribution in [-0.2, 0) is 6.54 Å². The molecule has 0 spiro atoms. The van der Waals surface area contributed by atoms with Crippen molar-refractivity contribution in [2.24, 2.45) is 0 Å². The molecule has 0 amide bonds. The van der Waals surface area contributed by atoms with E-state index in [4.69, 9.17) is 20.3 Å². The molecule has 3 rings (SSSR count). The van der Waals surface area contributed by atoms with Crippen LogP contribution in [0.15, 0.2) is 36.4 Å². The molecular weight excluding hydrogens is 272 g/mol. The lowest BCUT2D eigenvalue weighted by Crippen LogP contribution is -2.04. The number of hydrogen-bond acceptors (Lipinski definition) is 5. The van der Waals surface area contributed by atoms with Crippen LogP contribution in [0.1, 0.15) is 15.9 Å². The second-order valence-electron chi connectivity index (χ2n) is 4.65. The van der Waals surface area contributed by atoms with Gasteiger partial charge in [0, 0.05) is 6.54 Å². The van der Waals surface area contributed by atoms with Crippen LogP contribution in [0, 0.1) is 0 Å². The molecule has 0 aliphatic carbocycles. The summed E-state index contributed by atoms with van der Waals surface area (Å²) < 4.78 is 10.6. The maximum absolute atomic E-state index is 10.9. The van der Waals surface area contributed by atoms with Crippen LogP contribution in [0.2, 0.25) is 0 Å². The number of hydrogen-bond donors (Lipinski definition) is 3. The molecule has 1 aliphatic heterocycles. The number of carboxylic acids is 1. The first-order valence-corrected chi connectivity index (χ1v) is 6.39. The Bertz CT molecular complexity index is 700. The third-order valence-corrected chi connectivity index (χ3v) is 3.22. The van der Waals surface area contributed by atoms with Crippen LogP contribution in [0.25, 0.3) is 0 Å². The lowest BCUT2D eigenvalue weighted by Gasteiger charge is -2.10. The highest BCUT2D eigenvalue weighted by molar-refractivity contribution is 5.90. The summed E-state index contributed by atoms with van der Waals surface area (Å²) in [6, 6.07) is 10.3. The van der Waals surface area contributed by atoms with Crippen molar-refractivity contribution in [3.8, 4) is 11.5 Å². The molecule has 2 aromatic rings. The molecule has 4 N–H and O–H groups in total. The molecule has 1 aliphatic rings. The molecule has 1 heterocycles. The van der Waals surface area contributed by atoms with E-state index >= 15 is 0 Å². The van der Waals surface area contributed by atoms with Gasteiger partial charge in [0.05, 0.1) is 16.9 Å².